The topological polar surface area (TPSA) is 49.8 Å². The molecule has 0 fully saturated rings. The molecule has 2 aromatic carbocycles. The van der Waals surface area contributed by atoms with E-state index in [1.807, 2.05) is 24.3 Å². The zero-order valence-electron chi connectivity index (χ0n) is 16.8. The van der Waals surface area contributed by atoms with Crippen LogP contribution in [0.15, 0.2) is 54.6 Å². The van der Waals surface area contributed by atoms with Crippen molar-refractivity contribution >= 4 is 23.1 Å². The zero-order valence-corrected chi connectivity index (χ0v) is 17.6. The smallest absolute Gasteiger partial charge is 0.304 e. The average Bonchev–Trinajstić information content (AvgIpc) is 2.73. The van der Waals surface area contributed by atoms with E-state index in [0.717, 1.165) is 36.7 Å². The SMILES string of the molecule is C[C@H](COc1ccc(C2=CCN(CCC(=O)O)CC2)cc1)Cc1ccc(Cl)cc1. The molecule has 0 amide bonds. The van der Waals surface area contributed by atoms with Gasteiger partial charge in [-0.1, -0.05) is 48.9 Å². The molecule has 3 rings (SSSR count). The van der Waals surface area contributed by atoms with E-state index in [4.69, 9.17) is 21.4 Å². The summed E-state index contributed by atoms with van der Waals surface area (Å²) in [5, 5.41) is 9.57. The van der Waals surface area contributed by atoms with E-state index < -0.39 is 5.97 Å². The van der Waals surface area contributed by atoms with Crippen LogP contribution in [0.5, 0.6) is 5.75 Å². The third-order valence-electron chi connectivity index (χ3n) is 5.19. The van der Waals surface area contributed by atoms with Crippen LogP contribution in [0, 0.1) is 5.92 Å². The van der Waals surface area contributed by atoms with Crippen LogP contribution >= 0.6 is 11.6 Å². The molecule has 29 heavy (non-hydrogen) atoms. The molecule has 0 aliphatic carbocycles. The number of rotatable bonds is 9. The molecular formula is C24H28ClNO3. The highest BCUT2D eigenvalue weighted by Gasteiger charge is 2.14. The van der Waals surface area contributed by atoms with Crippen molar-refractivity contribution in [3.63, 3.8) is 0 Å². The minimum atomic E-state index is -0.738. The number of carbonyl (C=O) groups is 1. The summed E-state index contributed by atoms with van der Waals surface area (Å²) in [4.78, 5) is 12.9. The Bertz CT molecular complexity index is 830. The van der Waals surface area contributed by atoms with Gasteiger partial charge in [0, 0.05) is 24.7 Å². The third kappa shape index (κ3) is 6.91. The Morgan fingerprint density at radius 2 is 1.90 bits per heavy atom. The molecule has 1 aliphatic rings. The fourth-order valence-electron chi connectivity index (χ4n) is 3.52. The number of hydrogen-bond acceptors (Lipinski definition) is 3. The molecule has 1 heterocycles. The van der Waals surface area contributed by atoms with Crippen molar-refractivity contribution in [2.75, 3.05) is 26.2 Å². The summed E-state index contributed by atoms with van der Waals surface area (Å²) in [6.45, 7) is 5.18. The summed E-state index contributed by atoms with van der Waals surface area (Å²) in [5.41, 5.74) is 3.80. The van der Waals surface area contributed by atoms with Crippen LogP contribution in [0.25, 0.3) is 5.57 Å². The first-order valence-electron chi connectivity index (χ1n) is 10.1. The lowest BCUT2D eigenvalue weighted by atomic mass is 9.99. The summed E-state index contributed by atoms with van der Waals surface area (Å²) in [5.74, 6) is 0.558. The second kappa shape index (κ2) is 10.5. The van der Waals surface area contributed by atoms with Crippen molar-refractivity contribution in [3.05, 3.63) is 70.8 Å². The summed E-state index contributed by atoms with van der Waals surface area (Å²) in [6, 6.07) is 16.3. The van der Waals surface area contributed by atoms with Crippen molar-refractivity contribution in [2.45, 2.75) is 26.2 Å². The predicted octanol–water partition coefficient (Wildman–Crippen LogP) is 5.16. The number of nitrogens with zero attached hydrogens (tertiary/aromatic N) is 1. The van der Waals surface area contributed by atoms with Crippen LogP contribution in [0.4, 0.5) is 0 Å². The van der Waals surface area contributed by atoms with Gasteiger partial charge in [-0.25, -0.2) is 0 Å². The second-order valence-electron chi connectivity index (χ2n) is 7.69. The van der Waals surface area contributed by atoms with Crippen LogP contribution in [-0.2, 0) is 11.2 Å². The Hall–Kier alpha value is -2.30. The van der Waals surface area contributed by atoms with Crippen LogP contribution < -0.4 is 4.74 Å². The number of carboxylic acid groups (broad SMARTS) is 1. The molecular weight excluding hydrogens is 386 g/mol. The Labute approximate surface area is 177 Å². The van der Waals surface area contributed by atoms with Crippen molar-refractivity contribution < 1.29 is 14.6 Å². The Morgan fingerprint density at radius 3 is 2.52 bits per heavy atom. The average molecular weight is 414 g/mol. The highest BCUT2D eigenvalue weighted by Crippen LogP contribution is 2.25. The monoisotopic (exact) mass is 413 g/mol. The largest absolute Gasteiger partial charge is 0.493 e. The fraction of sp³-hybridized carbons (Fsp3) is 0.375. The van der Waals surface area contributed by atoms with Crippen LogP contribution in [0.1, 0.15) is 30.9 Å². The van der Waals surface area contributed by atoms with Gasteiger partial charge < -0.3 is 9.84 Å². The molecule has 1 N–H and O–H groups in total. The van der Waals surface area contributed by atoms with Crippen LogP contribution in [0.2, 0.25) is 5.02 Å². The van der Waals surface area contributed by atoms with Gasteiger partial charge in [-0.15, -0.1) is 0 Å². The van der Waals surface area contributed by atoms with E-state index in [0.29, 0.717) is 19.1 Å². The van der Waals surface area contributed by atoms with Crippen molar-refractivity contribution in [1.82, 2.24) is 4.90 Å². The molecule has 2 aromatic rings. The van der Waals surface area contributed by atoms with E-state index >= 15 is 0 Å². The fourth-order valence-corrected chi connectivity index (χ4v) is 3.64. The van der Waals surface area contributed by atoms with E-state index in [2.05, 4.69) is 42.2 Å². The summed E-state index contributed by atoms with van der Waals surface area (Å²) < 4.78 is 5.97. The molecule has 1 aliphatic heterocycles. The highest BCUT2D eigenvalue weighted by molar-refractivity contribution is 6.30. The quantitative estimate of drug-likeness (QED) is 0.616. The summed E-state index contributed by atoms with van der Waals surface area (Å²) in [7, 11) is 0. The molecule has 4 nitrogen and oxygen atoms in total. The van der Waals surface area contributed by atoms with E-state index in [9.17, 15) is 4.79 Å². The van der Waals surface area contributed by atoms with Crippen LogP contribution in [0.3, 0.4) is 0 Å². The molecule has 1 atom stereocenters. The van der Waals surface area contributed by atoms with Gasteiger partial charge in [-0.05, 0) is 59.7 Å². The lowest BCUT2D eigenvalue weighted by molar-refractivity contribution is -0.137. The molecule has 0 spiro atoms. The molecule has 0 unspecified atom stereocenters. The first-order chi connectivity index (χ1) is 14.0. The first kappa shape index (κ1) is 21.4. The Morgan fingerprint density at radius 1 is 1.17 bits per heavy atom. The maximum atomic E-state index is 10.7. The standard InChI is InChI=1S/C24H28ClNO3/c1-18(16-19-2-6-22(25)7-3-19)17-29-23-8-4-20(5-9-23)21-10-13-26(14-11-21)15-12-24(27)28/h2-10,18H,11-17H2,1H3,(H,27,28)/t18-/m0/s1. The maximum absolute atomic E-state index is 10.7. The molecule has 0 saturated heterocycles. The number of benzene rings is 2. The Balaban J connectivity index is 1.46. The Kier molecular flexibility index (Phi) is 7.73. The van der Waals surface area contributed by atoms with Gasteiger partial charge in [0.2, 0.25) is 0 Å². The van der Waals surface area contributed by atoms with E-state index in [1.54, 1.807) is 0 Å². The van der Waals surface area contributed by atoms with Crippen molar-refractivity contribution in [3.8, 4) is 5.75 Å². The van der Waals surface area contributed by atoms with Gasteiger partial charge in [0.1, 0.15) is 5.75 Å². The van der Waals surface area contributed by atoms with Crippen LogP contribution in [-0.4, -0.2) is 42.2 Å². The number of hydrogen-bond donors (Lipinski definition) is 1. The molecule has 5 heteroatoms. The van der Waals surface area contributed by atoms with Gasteiger partial charge in [0.15, 0.2) is 0 Å². The van der Waals surface area contributed by atoms with Gasteiger partial charge in [0.25, 0.3) is 0 Å². The first-order valence-corrected chi connectivity index (χ1v) is 10.5. The number of halogens is 1. The molecule has 0 bridgehead atoms. The van der Waals surface area contributed by atoms with E-state index in [-0.39, 0.29) is 6.42 Å². The number of ether oxygens (including phenoxy) is 1. The summed E-state index contributed by atoms with van der Waals surface area (Å²) in [6.07, 6.45) is 4.31. The molecule has 0 saturated carbocycles. The van der Waals surface area contributed by atoms with Crippen molar-refractivity contribution in [2.24, 2.45) is 5.92 Å². The second-order valence-corrected chi connectivity index (χ2v) is 8.13. The summed E-state index contributed by atoms with van der Waals surface area (Å²) >= 11 is 5.94. The number of carboxylic acids is 1. The zero-order chi connectivity index (χ0) is 20.6. The molecule has 0 radical (unpaired) electrons. The van der Waals surface area contributed by atoms with Gasteiger partial charge >= 0.3 is 5.97 Å². The molecule has 0 aromatic heterocycles. The van der Waals surface area contributed by atoms with E-state index in [1.165, 1.54) is 16.7 Å². The lowest BCUT2D eigenvalue weighted by Crippen LogP contribution is -2.30. The van der Waals surface area contributed by atoms with Gasteiger partial charge in [-0.2, -0.15) is 0 Å². The molecule has 154 valence electrons. The minimum Gasteiger partial charge on any atom is -0.493 e. The highest BCUT2D eigenvalue weighted by atomic mass is 35.5. The lowest BCUT2D eigenvalue weighted by Gasteiger charge is -2.25. The normalized spacial score (nSPS) is 15.6. The van der Waals surface area contributed by atoms with Gasteiger partial charge in [0.05, 0.1) is 13.0 Å². The maximum Gasteiger partial charge on any atom is 0.304 e. The predicted molar refractivity (Wildman–Crippen MR) is 118 cm³/mol. The minimum absolute atomic E-state index is 0.200. The van der Waals surface area contributed by atoms with Gasteiger partial charge in [-0.3, -0.25) is 9.69 Å². The third-order valence-corrected chi connectivity index (χ3v) is 5.44. The van der Waals surface area contributed by atoms with Crippen molar-refractivity contribution in [1.29, 1.82) is 0 Å². The number of aliphatic carboxylic acids is 1.